The minimum Gasteiger partial charge on any atom is -0.312 e. The van der Waals surface area contributed by atoms with E-state index < -0.39 is 0 Å². The zero-order valence-corrected chi connectivity index (χ0v) is 13.6. The van der Waals surface area contributed by atoms with Gasteiger partial charge in [0.1, 0.15) is 0 Å². The summed E-state index contributed by atoms with van der Waals surface area (Å²) >= 11 is 0. The largest absolute Gasteiger partial charge is 0.312 e. The molecule has 1 aromatic rings. The summed E-state index contributed by atoms with van der Waals surface area (Å²) in [6.45, 7) is 15.4. The molecule has 0 bridgehead atoms. The second kappa shape index (κ2) is 7.09. The van der Waals surface area contributed by atoms with Crippen molar-refractivity contribution in [1.82, 2.24) is 15.1 Å². The Balaban J connectivity index is 2.45. The van der Waals surface area contributed by atoms with Crippen molar-refractivity contribution in [3.63, 3.8) is 0 Å². The first kappa shape index (κ1) is 16.2. The van der Waals surface area contributed by atoms with Gasteiger partial charge in [-0.25, -0.2) is 0 Å². The molecule has 1 aromatic heterocycles. The first-order valence-electron chi connectivity index (χ1n) is 7.66. The van der Waals surface area contributed by atoms with Gasteiger partial charge in [-0.1, -0.05) is 13.8 Å². The number of hydrogen-bond acceptors (Lipinski definition) is 2. The summed E-state index contributed by atoms with van der Waals surface area (Å²) in [5.74, 6) is 0.699. The summed E-state index contributed by atoms with van der Waals surface area (Å²) in [6.07, 6.45) is 3.38. The molecular weight excluding hydrogens is 234 g/mol. The van der Waals surface area contributed by atoms with Gasteiger partial charge in [0.2, 0.25) is 0 Å². The summed E-state index contributed by atoms with van der Waals surface area (Å²) in [5, 5.41) is 8.19. The highest BCUT2D eigenvalue weighted by molar-refractivity contribution is 5.10. The molecule has 1 N–H and O–H groups in total. The Labute approximate surface area is 118 Å². The molecule has 0 fully saturated rings. The zero-order chi connectivity index (χ0) is 14.5. The number of aryl methyl sites for hydroxylation is 3. The second-order valence-electron chi connectivity index (χ2n) is 6.57. The molecule has 110 valence electrons. The third kappa shape index (κ3) is 5.77. The summed E-state index contributed by atoms with van der Waals surface area (Å²) < 4.78 is 2.16. The van der Waals surface area contributed by atoms with E-state index in [1.807, 2.05) is 0 Å². The molecular formula is C16H31N3. The fourth-order valence-corrected chi connectivity index (χ4v) is 2.14. The zero-order valence-electron chi connectivity index (χ0n) is 13.6. The molecule has 3 heteroatoms. The van der Waals surface area contributed by atoms with Gasteiger partial charge in [-0.2, -0.15) is 5.10 Å². The highest BCUT2D eigenvalue weighted by Gasteiger charge is 2.12. The lowest BCUT2D eigenvalue weighted by Crippen LogP contribution is -2.38. The van der Waals surface area contributed by atoms with Crippen LogP contribution in [0.1, 0.15) is 59.4 Å². The molecule has 1 atom stereocenters. The molecule has 0 aromatic carbocycles. The molecule has 0 saturated carbocycles. The van der Waals surface area contributed by atoms with E-state index in [-0.39, 0.29) is 5.54 Å². The monoisotopic (exact) mass is 265 g/mol. The van der Waals surface area contributed by atoms with E-state index in [1.54, 1.807) is 0 Å². The Bertz CT molecular complexity index is 374. The average molecular weight is 265 g/mol. The van der Waals surface area contributed by atoms with E-state index in [0.717, 1.165) is 25.9 Å². The van der Waals surface area contributed by atoms with Crippen LogP contribution in [-0.4, -0.2) is 21.9 Å². The molecule has 0 aliphatic rings. The fraction of sp³-hybridized carbons (Fsp3) is 0.812. The van der Waals surface area contributed by atoms with Crippen molar-refractivity contribution in [2.24, 2.45) is 5.92 Å². The first-order chi connectivity index (χ1) is 8.85. The van der Waals surface area contributed by atoms with Crippen molar-refractivity contribution in [1.29, 1.82) is 0 Å². The first-order valence-corrected chi connectivity index (χ1v) is 7.66. The van der Waals surface area contributed by atoms with E-state index >= 15 is 0 Å². The summed E-state index contributed by atoms with van der Waals surface area (Å²) in [4.78, 5) is 0. The standard InChI is InChI=1S/C16H31N3/c1-7-14-11-15(19(8-2)18-14)10-9-13(3)12-17-16(4,5)6/h11,13,17H,7-10,12H2,1-6H3. The maximum atomic E-state index is 4.61. The van der Waals surface area contributed by atoms with Gasteiger partial charge in [0.05, 0.1) is 5.69 Å². The molecule has 1 unspecified atom stereocenters. The Morgan fingerprint density at radius 3 is 2.53 bits per heavy atom. The van der Waals surface area contributed by atoms with E-state index in [1.165, 1.54) is 17.8 Å². The molecule has 0 aliphatic heterocycles. The molecule has 3 nitrogen and oxygen atoms in total. The van der Waals surface area contributed by atoms with Gasteiger partial charge >= 0.3 is 0 Å². The average Bonchev–Trinajstić information content (AvgIpc) is 2.75. The molecule has 19 heavy (non-hydrogen) atoms. The van der Waals surface area contributed by atoms with Gasteiger partial charge in [0.15, 0.2) is 0 Å². The van der Waals surface area contributed by atoms with Gasteiger partial charge < -0.3 is 5.32 Å². The van der Waals surface area contributed by atoms with Crippen molar-refractivity contribution < 1.29 is 0 Å². The Kier molecular flexibility index (Phi) is 6.05. The second-order valence-corrected chi connectivity index (χ2v) is 6.57. The molecule has 0 spiro atoms. The number of hydrogen-bond donors (Lipinski definition) is 1. The summed E-state index contributed by atoms with van der Waals surface area (Å²) in [6, 6.07) is 2.27. The normalized spacial score (nSPS) is 13.8. The van der Waals surface area contributed by atoms with Crippen LogP contribution in [-0.2, 0) is 19.4 Å². The Morgan fingerprint density at radius 2 is 2.00 bits per heavy atom. The summed E-state index contributed by atoms with van der Waals surface area (Å²) in [5.41, 5.74) is 2.83. The van der Waals surface area contributed by atoms with Gasteiger partial charge in [0.25, 0.3) is 0 Å². The van der Waals surface area contributed by atoms with Crippen molar-refractivity contribution in [3.05, 3.63) is 17.5 Å². The van der Waals surface area contributed by atoms with Gasteiger partial charge in [-0.15, -0.1) is 0 Å². The molecule has 0 amide bonds. The van der Waals surface area contributed by atoms with Crippen LogP contribution in [0.25, 0.3) is 0 Å². The van der Waals surface area contributed by atoms with Crippen LogP contribution in [0.3, 0.4) is 0 Å². The van der Waals surface area contributed by atoms with Crippen LogP contribution in [0, 0.1) is 5.92 Å². The highest BCUT2D eigenvalue weighted by Crippen LogP contribution is 2.12. The van der Waals surface area contributed by atoms with Crippen LogP contribution in [0.2, 0.25) is 0 Å². The van der Waals surface area contributed by atoms with E-state index in [2.05, 4.69) is 62.7 Å². The lowest BCUT2D eigenvalue weighted by atomic mass is 10.0. The van der Waals surface area contributed by atoms with E-state index in [4.69, 9.17) is 0 Å². The predicted molar refractivity (Wildman–Crippen MR) is 82.5 cm³/mol. The van der Waals surface area contributed by atoms with Crippen molar-refractivity contribution >= 4 is 0 Å². The summed E-state index contributed by atoms with van der Waals surface area (Å²) in [7, 11) is 0. The molecule has 0 aliphatic carbocycles. The van der Waals surface area contributed by atoms with Gasteiger partial charge in [-0.05, 0) is 65.5 Å². The number of rotatable bonds is 7. The number of nitrogens with zero attached hydrogens (tertiary/aromatic N) is 2. The van der Waals surface area contributed by atoms with E-state index in [0.29, 0.717) is 5.92 Å². The maximum absolute atomic E-state index is 4.61. The Hall–Kier alpha value is -0.830. The minimum atomic E-state index is 0.217. The minimum absolute atomic E-state index is 0.217. The smallest absolute Gasteiger partial charge is 0.0624 e. The number of nitrogens with one attached hydrogen (secondary N) is 1. The molecule has 1 heterocycles. The third-order valence-electron chi connectivity index (χ3n) is 3.45. The van der Waals surface area contributed by atoms with Crippen molar-refractivity contribution in [2.75, 3.05) is 6.54 Å². The topological polar surface area (TPSA) is 29.9 Å². The third-order valence-corrected chi connectivity index (χ3v) is 3.45. The van der Waals surface area contributed by atoms with Crippen LogP contribution in [0.5, 0.6) is 0 Å². The maximum Gasteiger partial charge on any atom is 0.0624 e. The highest BCUT2D eigenvalue weighted by atomic mass is 15.3. The van der Waals surface area contributed by atoms with Gasteiger partial charge in [0, 0.05) is 17.8 Å². The quantitative estimate of drug-likeness (QED) is 0.818. The molecule has 0 saturated heterocycles. The lowest BCUT2D eigenvalue weighted by Gasteiger charge is -2.23. The van der Waals surface area contributed by atoms with Crippen LogP contribution >= 0.6 is 0 Å². The van der Waals surface area contributed by atoms with Crippen LogP contribution < -0.4 is 5.32 Å². The molecule has 0 radical (unpaired) electrons. The number of aromatic nitrogens is 2. The SMILES string of the molecule is CCc1cc(CCC(C)CNC(C)(C)C)n(CC)n1. The lowest BCUT2D eigenvalue weighted by molar-refractivity contribution is 0.371. The van der Waals surface area contributed by atoms with E-state index in [9.17, 15) is 0 Å². The Morgan fingerprint density at radius 1 is 1.32 bits per heavy atom. The predicted octanol–water partition coefficient (Wildman–Crippen LogP) is 3.42. The van der Waals surface area contributed by atoms with Crippen LogP contribution in [0.4, 0.5) is 0 Å². The van der Waals surface area contributed by atoms with Crippen LogP contribution in [0.15, 0.2) is 6.07 Å². The fourth-order valence-electron chi connectivity index (χ4n) is 2.14. The van der Waals surface area contributed by atoms with Crippen molar-refractivity contribution in [3.8, 4) is 0 Å². The molecule has 1 rings (SSSR count). The van der Waals surface area contributed by atoms with Crippen molar-refractivity contribution in [2.45, 2.75) is 72.9 Å². The van der Waals surface area contributed by atoms with Gasteiger partial charge in [-0.3, -0.25) is 4.68 Å².